The number of hydrogen-bond acceptors (Lipinski definition) is 3. The van der Waals surface area contributed by atoms with Gasteiger partial charge in [-0.1, -0.05) is 30.3 Å². The van der Waals surface area contributed by atoms with Crippen LogP contribution in [0.2, 0.25) is 0 Å². The Bertz CT molecular complexity index is 1170. The SMILES string of the molecule is COc1cc2c(cc1NC(=O)C[NH+](C)Cc1ccc(F)cc1)oc1ccccc12. The number of para-hydroxylation sites is 1. The summed E-state index contributed by atoms with van der Waals surface area (Å²) in [6.45, 7) is 0.881. The maximum atomic E-state index is 13.0. The predicted molar refractivity (Wildman–Crippen MR) is 111 cm³/mol. The van der Waals surface area contributed by atoms with Crippen LogP contribution in [-0.4, -0.2) is 26.6 Å². The first-order valence-electron chi connectivity index (χ1n) is 9.38. The van der Waals surface area contributed by atoms with Gasteiger partial charge in [-0.15, -0.1) is 0 Å². The third-order valence-corrected chi connectivity index (χ3v) is 4.85. The second-order valence-electron chi connectivity index (χ2n) is 7.13. The molecule has 0 aliphatic rings. The number of quaternary nitrogens is 1. The first-order chi connectivity index (χ1) is 14.0. The second kappa shape index (κ2) is 7.93. The molecule has 0 aliphatic heterocycles. The summed E-state index contributed by atoms with van der Waals surface area (Å²) in [5.74, 6) is 0.171. The number of hydrogen-bond donors (Lipinski definition) is 2. The number of likely N-dealkylation sites (N-methyl/N-ethyl adjacent to an activating group) is 1. The molecule has 0 saturated heterocycles. The summed E-state index contributed by atoms with van der Waals surface area (Å²) < 4.78 is 24.4. The zero-order valence-corrected chi connectivity index (χ0v) is 16.3. The van der Waals surface area contributed by atoms with Crippen LogP contribution in [0.25, 0.3) is 21.9 Å². The van der Waals surface area contributed by atoms with Crippen molar-refractivity contribution in [2.24, 2.45) is 0 Å². The van der Waals surface area contributed by atoms with E-state index in [4.69, 9.17) is 9.15 Å². The molecule has 3 aromatic carbocycles. The monoisotopic (exact) mass is 393 g/mol. The van der Waals surface area contributed by atoms with Crippen LogP contribution in [0.5, 0.6) is 5.75 Å². The first-order valence-corrected chi connectivity index (χ1v) is 9.38. The lowest BCUT2D eigenvalue weighted by molar-refractivity contribution is -0.885. The normalized spacial score (nSPS) is 12.2. The van der Waals surface area contributed by atoms with Gasteiger partial charge in [0, 0.05) is 22.4 Å². The molecule has 1 atom stereocenters. The van der Waals surface area contributed by atoms with Crippen molar-refractivity contribution in [1.82, 2.24) is 0 Å². The summed E-state index contributed by atoms with van der Waals surface area (Å²) in [6, 6.07) is 17.8. The van der Waals surface area contributed by atoms with Crippen LogP contribution in [0.1, 0.15) is 5.56 Å². The van der Waals surface area contributed by atoms with Gasteiger partial charge in [-0.3, -0.25) is 4.79 Å². The Hall–Kier alpha value is -3.38. The zero-order chi connectivity index (χ0) is 20.4. The molecule has 4 rings (SSSR count). The lowest BCUT2D eigenvalue weighted by atomic mass is 10.1. The lowest BCUT2D eigenvalue weighted by Crippen LogP contribution is -3.08. The van der Waals surface area contributed by atoms with Crippen molar-refractivity contribution < 1.29 is 23.2 Å². The Labute approximate surface area is 167 Å². The number of nitrogens with one attached hydrogen (secondary N) is 2. The molecule has 5 nitrogen and oxygen atoms in total. The molecular formula is C23H22FN2O3+. The molecule has 0 saturated carbocycles. The Morgan fingerprint density at radius 2 is 1.83 bits per heavy atom. The molecule has 1 unspecified atom stereocenters. The highest BCUT2D eigenvalue weighted by Crippen LogP contribution is 2.36. The number of halogens is 1. The number of furan rings is 1. The van der Waals surface area contributed by atoms with E-state index in [0.717, 1.165) is 26.8 Å². The maximum absolute atomic E-state index is 13.0. The number of fused-ring (bicyclic) bond motifs is 3. The Morgan fingerprint density at radius 1 is 1.07 bits per heavy atom. The number of ether oxygens (including phenoxy) is 1. The number of benzene rings is 3. The minimum atomic E-state index is -0.266. The molecule has 0 aliphatic carbocycles. The molecule has 29 heavy (non-hydrogen) atoms. The molecule has 148 valence electrons. The molecule has 0 bridgehead atoms. The predicted octanol–water partition coefficient (Wildman–Crippen LogP) is 3.39. The summed E-state index contributed by atoms with van der Waals surface area (Å²) >= 11 is 0. The van der Waals surface area contributed by atoms with Gasteiger partial charge in [0.25, 0.3) is 5.91 Å². The number of amides is 1. The van der Waals surface area contributed by atoms with E-state index in [1.54, 1.807) is 25.3 Å². The topological polar surface area (TPSA) is 55.9 Å². The van der Waals surface area contributed by atoms with Crippen LogP contribution in [0.15, 0.2) is 65.1 Å². The fraction of sp³-hybridized carbons (Fsp3) is 0.174. The Kier molecular flexibility index (Phi) is 5.18. The van der Waals surface area contributed by atoms with E-state index in [1.807, 2.05) is 37.4 Å². The van der Waals surface area contributed by atoms with Gasteiger partial charge in [-0.2, -0.15) is 0 Å². The summed E-state index contributed by atoms with van der Waals surface area (Å²) in [5.41, 5.74) is 3.02. The molecule has 4 aromatic rings. The van der Waals surface area contributed by atoms with Gasteiger partial charge in [0.1, 0.15) is 29.3 Å². The van der Waals surface area contributed by atoms with Crippen LogP contribution in [0.3, 0.4) is 0 Å². The van der Waals surface area contributed by atoms with Gasteiger partial charge in [0.2, 0.25) is 0 Å². The third kappa shape index (κ3) is 4.07. The average molecular weight is 393 g/mol. The van der Waals surface area contributed by atoms with Crippen LogP contribution in [-0.2, 0) is 11.3 Å². The summed E-state index contributed by atoms with van der Waals surface area (Å²) in [7, 11) is 3.49. The van der Waals surface area contributed by atoms with E-state index in [0.29, 0.717) is 23.6 Å². The van der Waals surface area contributed by atoms with E-state index < -0.39 is 0 Å². The summed E-state index contributed by atoms with van der Waals surface area (Å²) in [5, 5.41) is 4.86. The number of carbonyl (C=O) groups excluding carboxylic acids is 1. The van der Waals surface area contributed by atoms with E-state index in [-0.39, 0.29) is 18.3 Å². The largest absolute Gasteiger partial charge is 0.495 e. The lowest BCUT2D eigenvalue weighted by Gasteiger charge is -2.15. The van der Waals surface area contributed by atoms with E-state index in [9.17, 15) is 9.18 Å². The Balaban J connectivity index is 1.50. The molecule has 0 radical (unpaired) electrons. The standard InChI is InChI=1S/C23H21FN2O3/c1-26(13-15-7-9-16(24)10-8-15)14-23(27)25-19-12-21-18(11-22(19)28-2)17-5-3-4-6-20(17)29-21/h3-12H,13-14H2,1-2H3,(H,25,27)/p+1. The minimum absolute atomic E-state index is 0.140. The quantitative estimate of drug-likeness (QED) is 0.528. The van der Waals surface area contributed by atoms with Gasteiger partial charge in [0.05, 0.1) is 19.8 Å². The average Bonchev–Trinajstić information content (AvgIpc) is 3.06. The number of carbonyl (C=O) groups is 1. The summed E-state index contributed by atoms with van der Waals surface area (Å²) in [4.78, 5) is 13.5. The summed E-state index contributed by atoms with van der Waals surface area (Å²) in [6.07, 6.45) is 0. The number of rotatable bonds is 6. The molecule has 1 heterocycles. The van der Waals surface area contributed by atoms with Crippen LogP contribution in [0.4, 0.5) is 10.1 Å². The highest BCUT2D eigenvalue weighted by atomic mass is 19.1. The molecule has 1 aromatic heterocycles. The number of anilines is 1. The third-order valence-electron chi connectivity index (χ3n) is 4.85. The van der Waals surface area contributed by atoms with Gasteiger partial charge in [-0.05, 0) is 24.3 Å². The molecular weight excluding hydrogens is 371 g/mol. The van der Waals surface area contributed by atoms with Crippen LogP contribution < -0.4 is 15.0 Å². The smallest absolute Gasteiger partial charge is 0.279 e. The minimum Gasteiger partial charge on any atom is -0.495 e. The van der Waals surface area contributed by atoms with Crippen molar-refractivity contribution in [2.45, 2.75) is 6.54 Å². The molecule has 0 fully saturated rings. The maximum Gasteiger partial charge on any atom is 0.279 e. The van der Waals surface area contributed by atoms with Crippen molar-refractivity contribution in [3.05, 3.63) is 72.0 Å². The van der Waals surface area contributed by atoms with Gasteiger partial charge < -0.3 is 19.4 Å². The fourth-order valence-electron chi connectivity index (χ4n) is 3.50. The van der Waals surface area contributed by atoms with Gasteiger partial charge in [0.15, 0.2) is 6.54 Å². The van der Waals surface area contributed by atoms with Crippen molar-refractivity contribution in [1.29, 1.82) is 0 Å². The van der Waals surface area contributed by atoms with Crippen LogP contribution >= 0.6 is 0 Å². The first kappa shape index (κ1) is 19.0. The van der Waals surface area contributed by atoms with Gasteiger partial charge in [-0.25, -0.2) is 4.39 Å². The number of methoxy groups -OCH3 is 1. The molecule has 0 spiro atoms. The van der Waals surface area contributed by atoms with Crippen molar-refractivity contribution in [3.63, 3.8) is 0 Å². The van der Waals surface area contributed by atoms with E-state index in [2.05, 4.69) is 5.32 Å². The molecule has 1 amide bonds. The van der Waals surface area contributed by atoms with Crippen molar-refractivity contribution >= 4 is 33.5 Å². The van der Waals surface area contributed by atoms with E-state index >= 15 is 0 Å². The van der Waals surface area contributed by atoms with E-state index in [1.165, 1.54) is 12.1 Å². The van der Waals surface area contributed by atoms with Crippen molar-refractivity contribution in [3.8, 4) is 5.75 Å². The highest BCUT2D eigenvalue weighted by molar-refractivity contribution is 6.07. The fourth-order valence-corrected chi connectivity index (χ4v) is 3.50. The molecule has 2 N–H and O–H groups in total. The zero-order valence-electron chi connectivity index (χ0n) is 16.3. The highest BCUT2D eigenvalue weighted by Gasteiger charge is 2.16. The second-order valence-corrected chi connectivity index (χ2v) is 7.13. The Morgan fingerprint density at radius 3 is 2.59 bits per heavy atom. The molecule has 6 heteroatoms. The van der Waals surface area contributed by atoms with Crippen molar-refractivity contribution in [2.75, 3.05) is 26.0 Å². The van der Waals surface area contributed by atoms with Gasteiger partial charge >= 0.3 is 0 Å². The van der Waals surface area contributed by atoms with Crippen LogP contribution in [0, 0.1) is 5.82 Å².